The van der Waals surface area contributed by atoms with Crippen molar-refractivity contribution in [3.8, 4) is 16.3 Å². The molecule has 2 N–H and O–H groups in total. The van der Waals surface area contributed by atoms with Crippen LogP contribution in [-0.4, -0.2) is 37.9 Å². The van der Waals surface area contributed by atoms with Crippen LogP contribution in [0, 0.1) is 6.92 Å². The Morgan fingerprint density at radius 3 is 2.83 bits per heavy atom. The van der Waals surface area contributed by atoms with Crippen molar-refractivity contribution < 1.29 is 9.53 Å². The van der Waals surface area contributed by atoms with Crippen molar-refractivity contribution in [2.75, 3.05) is 12.4 Å². The van der Waals surface area contributed by atoms with Gasteiger partial charge in [0.15, 0.2) is 10.9 Å². The van der Waals surface area contributed by atoms with Crippen molar-refractivity contribution >= 4 is 61.2 Å². The van der Waals surface area contributed by atoms with Gasteiger partial charge in [0.05, 0.1) is 12.7 Å². The minimum absolute atomic E-state index is 0.174. The average Bonchev–Trinajstić information content (AvgIpc) is 3.30. The van der Waals surface area contributed by atoms with Gasteiger partial charge in [-0.05, 0) is 49.5 Å². The zero-order valence-corrected chi connectivity index (χ0v) is 19.1. The molecule has 2 aromatic heterocycles. The SMILES string of the molecule is COc1ccc(Br)cc1C(=O)NC(=S)Nc1cccc(-c2nn3c(C)nnc3s2)c1. The molecule has 152 valence electrons. The number of benzene rings is 2. The Kier molecular flexibility index (Phi) is 5.75. The number of carbonyl (C=O) groups excluding carboxylic acids is 1. The molecule has 0 saturated heterocycles. The average molecular weight is 503 g/mol. The first-order valence-electron chi connectivity index (χ1n) is 8.70. The number of nitrogens with one attached hydrogen (secondary N) is 2. The summed E-state index contributed by atoms with van der Waals surface area (Å²) in [6, 6.07) is 12.8. The van der Waals surface area contributed by atoms with Gasteiger partial charge in [0.25, 0.3) is 5.91 Å². The Labute approximate surface area is 189 Å². The number of thiocarbonyl (C=S) groups is 1. The Hall–Kier alpha value is -2.89. The molecule has 0 saturated carbocycles. The lowest BCUT2D eigenvalue weighted by atomic mass is 10.2. The van der Waals surface area contributed by atoms with Crippen LogP contribution < -0.4 is 15.4 Å². The molecule has 0 radical (unpaired) electrons. The van der Waals surface area contributed by atoms with E-state index in [1.165, 1.54) is 18.4 Å². The van der Waals surface area contributed by atoms with E-state index in [1.54, 1.807) is 22.7 Å². The number of halogens is 1. The van der Waals surface area contributed by atoms with E-state index in [-0.39, 0.29) is 11.0 Å². The number of nitrogens with zero attached hydrogens (tertiary/aromatic N) is 4. The number of methoxy groups -OCH3 is 1. The highest BCUT2D eigenvalue weighted by molar-refractivity contribution is 9.10. The number of aromatic nitrogens is 4. The molecule has 2 aromatic carbocycles. The normalized spacial score (nSPS) is 10.8. The van der Waals surface area contributed by atoms with Crippen molar-refractivity contribution in [2.24, 2.45) is 0 Å². The second-order valence-corrected chi connectivity index (χ2v) is 8.46. The molecule has 30 heavy (non-hydrogen) atoms. The number of hydrogen-bond acceptors (Lipinski definition) is 7. The minimum Gasteiger partial charge on any atom is -0.496 e. The van der Waals surface area contributed by atoms with Gasteiger partial charge in [-0.15, -0.1) is 10.2 Å². The van der Waals surface area contributed by atoms with E-state index >= 15 is 0 Å². The molecule has 4 aromatic rings. The van der Waals surface area contributed by atoms with Crippen molar-refractivity contribution in [3.63, 3.8) is 0 Å². The van der Waals surface area contributed by atoms with Gasteiger partial charge in [-0.3, -0.25) is 10.1 Å². The number of amides is 1. The number of hydrogen-bond donors (Lipinski definition) is 2. The largest absolute Gasteiger partial charge is 0.496 e. The lowest BCUT2D eigenvalue weighted by molar-refractivity contribution is 0.0974. The monoisotopic (exact) mass is 502 g/mol. The number of carbonyl (C=O) groups is 1. The zero-order chi connectivity index (χ0) is 21.3. The maximum Gasteiger partial charge on any atom is 0.261 e. The summed E-state index contributed by atoms with van der Waals surface area (Å²) in [6.07, 6.45) is 0. The Morgan fingerprint density at radius 2 is 2.07 bits per heavy atom. The van der Waals surface area contributed by atoms with Gasteiger partial charge >= 0.3 is 0 Å². The molecule has 0 aliphatic carbocycles. The Morgan fingerprint density at radius 1 is 1.23 bits per heavy atom. The van der Waals surface area contributed by atoms with Crippen molar-refractivity contribution in [3.05, 3.63) is 58.3 Å². The van der Waals surface area contributed by atoms with Crippen LogP contribution in [-0.2, 0) is 0 Å². The summed E-state index contributed by atoms with van der Waals surface area (Å²) in [5, 5.41) is 19.3. The lowest BCUT2D eigenvalue weighted by Crippen LogP contribution is -2.34. The van der Waals surface area contributed by atoms with Crippen LogP contribution in [0.4, 0.5) is 5.69 Å². The zero-order valence-electron chi connectivity index (χ0n) is 15.8. The van der Waals surface area contributed by atoms with E-state index in [2.05, 4.69) is 41.9 Å². The summed E-state index contributed by atoms with van der Waals surface area (Å²) in [5.74, 6) is 0.818. The topological polar surface area (TPSA) is 93.4 Å². The van der Waals surface area contributed by atoms with E-state index < -0.39 is 0 Å². The molecule has 0 spiro atoms. The quantitative estimate of drug-likeness (QED) is 0.406. The van der Waals surface area contributed by atoms with E-state index in [4.69, 9.17) is 17.0 Å². The molecule has 0 unspecified atom stereocenters. The van der Waals surface area contributed by atoms with E-state index in [9.17, 15) is 4.79 Å². The Balaban J connectivity index is 1.49. The highest BCUT2D eigenvalue weighted by Crippen LogP contribution is 2.27. The van der Waals surface area contributed by atoms with Gasteiger partial charge < -0.3 is 10.1 Å². The third kappa shape index (κ3) is 4.18. The summed E-state index contributed by atoms with van der Waals surface area (Å²) >= 11 is 10.1. The number of anilines is 1. The maximum atomic E-state index is 12.6. The van der Waals surface area contributed by atoms with Crippen LogP contribution in [0.25, 0.3) is 15.5 Å². The van der Waals surface area contributed by atoms with E-state index in [1.807, 2.05) is 31.2 Å². The standard InChI is InChI=1S/C19H15BrN6O2S2/c1-10-23-24-19-26(10)25-17(30-19)11-4-3-5-13(8-11)21-18(29)22-16(27)14-9-12(20)6-7-15(14)28-2/h3-9H,1-2H3,(H2,21,22,27,29). The van der Waals surface area contributed by atoms with Gasteiger partial charge in [-0.1, -0.05) is 39.4 Å². The Bertz CT molecular complexity index is 1270. The number of aryl methyl sites for hydroxylation is 1. The third-order valence-electron chi connectivity index (χ3n) is 4.15. The molecule has 0 aliphatic heterocycles. The van der Waals surface area contributed by atoms with Crippen LogP contribution in [0.15, 0.2) is 46.9 Å². The summed E-state index contributed by atoms with van der Waals surface area (Å²) in [6.45, 7) is 1.85. The molecule has 2 heterocycles. The highest BCUT2D eigenvalue weighted by atomic mass is 79.9. The van der Waals surface area contributed by atoms with Crippen molar-refractivity contribution in [2.45, 2.75) is 6.92 Å². The molecule has 0 atom stereocenters. The smallest absolute Gasteiger partial charge is 0.261 e. The molecule has 8 nitrogen and oxygen atoms in total. The molecule has 0 fully saturated rings. The first-order valence-corrected chi connectivity index (χ1v) is 10.7. The first-order chi connectivity index (χ1) is 14.4. The third-order valence-corrected chi connectivity index (χ3v) is 5.79. The molecular formula is C19H15BrN6O2S2. The predicted octanol–water partition coefficient (Wildman–Crippen LogP) is 4.06. The number of fused-ring (bicyclic) bond motifs is 1. The van der Waals surface area contributed by atoms with Crippen LogP contribution in [0.5, 0.6) is 5.75 Å². The van der Waals surface area contributed by atoms with Crippen LogP contribution >= 0.6 is 39.5 Å². The summed E-state index contributed by atoms with van der Waals surface area (Å²) in [4.78, 5) is 13.3. The highest BCUT2D eigenvalue weighted by Gasteiger charge is 2.15. The predicted molar refractivity (Wildman–Crippen MR) is 123 cm³/mol. The van der Waals surface area contributed by atoms with E-state index in [0.29, 0.717) is 11.3 Å². The molecule has 0 aliphatic rings. The molecule has 1 amide bonds. The van der Waals surface area contributed by atoms with Gasteiger partial charge in [0.1, 0.15) is 10.8 Å². The summed E-state index contributed by atoms with van der Waals surface area (Å²) in [5.41, 5.74) is 2.00. The van der Waals surface area contributed by atoms with Crippen LogP contribution in [0.1, 0.15) is 16.2 Å². The summed E-state index contributed by atoms with van der Waals surface area (Å²) < 4.78 is 7.72. The second kappa shape index (κ2) is 8.46. The molecule has 0 bridgehead atoms. The minimum atomic E-state index is -0.370. The molecule has 11 heteroatoms. The van der Waals surface area contributed by atoms with Crippen LogP contribution in [0.2, 0.25) is 0 Å². The van der Waals surface area contributed by atoms with Gasteiger partial charge in [0.2, 0.25) is 4.96 Å². The van der Waals surface area contributed by atoms with Gasteiger partial charge in [-0.2, -0.15) is 9.61 Å². The maximum absolute atomic E-state index is 12.6. The molecule has 4 rings (SSSR count). The van der Waals surface area contributed by atoms with Crippen molar-refractivity contribution in [1.82, 2.24) is 25.1 Å². The number of ether oxygens (including phenoxy) is 1. The lowest BCUT2D eigenvalue weighted by Gasteiger charge is -2.12. The van der Waals surface area contributed by atoms with Gasteiger partial charge in [0, 0.05) is 15.7 Å². The van der Waals surface area contributed by atoms with Crippen molar-refractivity contribution in [1.29, 1.82) is 0 Å². The molecular weight excluding hydrogens is 488 g/mol. The first kappa shape index (κ1) is 20.4. The summed E-state index contributed by atoms with van der Waals surface area (Å²) in [7, 11) is 1.51. The fourth-order valence-electron chi connectivity index (χ4n) is 2.75. The number of rotatable bonds is 4. The van der Waals surface area contributed by atoms with Crippen LogP contribution in [0.3, 0.4) is 0 Å². The second-order valence-electron chi connectivity index (χ2n) is 6.18. The van der Waals surface area contributed by atoms with E-state index in [0.717, 1.165) is 31.5 Å². The fourth-order valence-corrected chi connectivity index (χ4v) is 4.20. The van der Waals surface area contributed by atoms with Gasteiger partial charge in [-0.25, -0.2) is 0 Å². The fraction of sp³-hybridized carbons (Fsp3) is 0.105.